The van der Waals surface area contributed by atoms with E-state index in [1.54, 1.807) is 0 Å². The summed E-state index contributed by atoms with van der Waals surface area (Å²) in [6.07, 6.45) is 5.89. The summed E-state index contributed by atoms with van der Waals surface area (Å²) < 4.78 is 2.88. The summed E-state index contributed by atoms with van der Waals surface area (Å²) in [5.41, 5.74) is 1.28. The number of pyridine rings is 1. The van der Waals surface area contributed by atoms with Crippen molar-refractivity contribution in [1.29, 1.82) is 0 Å². The van der Waals surface area contributed by atoms with E-state index < -0.39 is 0 Å². The van der Waals surface area contributed by atoms with Crippen molar-refractivity contribution in [1.82, 2.24) is 19.7 Å². The fourth-order valence-corrected chi connectivity index (χ4v) is 2.74. The van der Waals surface area contributed by atoms with Gasteiger partial charge in [-0.3, -0.25) is 9.58 Å². The summed E-state index contributed by atoms with van der Waals surface area (Å²) in [6.45, 7) is 5.15. The zero-order chi connectivity index (χ0) is 13.9. The molecular weight excluding hydrogens is 318 g/mol. The van der Waals surface area contributed by atoms with Gasteiger partial charge in [-0.1, -0.05) is 0 Å². The molecule has 0 radical (unpaired) electrons. The first-order valence-electron chi connectivity index (χ1n) is 6.77. The van der Waals surface area contributed by atoms with Gasteiger partial charge < -0.3 is 4.90 Å². The second kappa shape index (κ2) is 5.93. The lowest BCUT2D eigenvalue weighted by Gasteiger charge is -2.35. The Morgan fingerprint density at radius 1 is 1.15 bits per heavy atom. The lowest BCUT2D eigenvalue weighted by atomic mass is 10.2. The predicted molar refractivity (Wildman–Crippen MR) is 82.6 cm³/mol. The number of hydrogen-bond acceptors (Lipinski definition) is 4. The highest BCUT2D eigenvalue weighted by molar-refractivity contribution is 9.10. The van der Waals surface area contributed by atoms with Crippen LogP contribution in [0.3, 0.4) is 0 Å². The minimum absolute atomic E-state index is 0.982. The van der Waals surface area contributed by atoms with Crippen molar-refractivity contribution in [2.75, 3.05) is 31.1 Å². The van der Waals surface area contributed by atoms with Crippen LogP contribution in [0.15, 0.2) is 35.2 Å². The predicted octanol–water partition coefficient (Wildman–Crippen LogP) is 1.90. The molecule has 3 heterocycles. The molecule has 2 aromatic rings. The highest BCUT2D eigenvalue weighted by Gasteiger charge is 2.18. The number of hydrogen-bond donors (Lipinski definition) is 0. The quantitative estimate of drug-likeness (QED) is 0.858. The summed E-state index contributed by atoms with van der Waals surface area (Å²) in [5, 5.41) is 4.22. The molecule has 0 unspecified atom stereocenters. The standard InChI is InChI=1S/C14H18BrN5/c1-18-10-12(8-17-18)11-19-4-6-20(7-5-19)14-3-2-13(15)9-16-14/h2-3,8-10H,4-7,11H2,1H3. The summed E-state index contributed by atoms with van der Waals surface area (Å²) >= 11 is 3.42. The maximum Gasteiger partial charge on any atom is 0.128 e. The van der Waals surface area contributed by atoms with Gasteiger partial charge in [-0.25, -0.2) is 4.98 Å². The number of piperazine rings is 1. The molecule has 106 valence electrons. The molecule has 6 heteroatoms. The van der Waals surface area contributed by atoms with Gasteiger partial charge in [-0.2, -0.15) is 5.10 Å². The minimum atomic E-state index is 0.982. The third-order valence-electron chi connectivity index (χ3n) is 3.57. The van der Waals surface area contributed by atoms with Gasteiger partial charge >= 0.3 is 0 Å². The monoisotopic (exact) mass is 335 g/mol. The van der Waals surface area contributed by atoms with Crippen molar-refractivity contribution in [2.24, 2.45) is 7.05 Å². The van der Waals surface area contributed by atoms with Crippen molar-refractivity contribution in [2.45, 2.75) is 6.54 Å². The van der Waals surface area contributed by atoms with Crippen molar-refractivity contribution in [3.63, 3.8) is 0 Å². The summed E-state index contributed by atoms with van der Waals surface area (Å²) in [7, 11) is 1.96. The molecule has 0 bridgehead atoms. The van der Waals surface area contributed by atoms with Crippen LogP contribution in [0.25, 0.3) is 0 Å². The smallest absolute Gasteiger partial charge is 0.128 e. The molecule has 20 heavy (non-hydrogen) atoms. The third-order valence-corrected chi connectivity index (χ3v) is 4.04. The van der Waals surface area contributed by atoms with Crippen molar-refractivity contribution in [3.8, 4) is 0 Å². The highest BCUT2D eigenvalue weighted by atomic mass is 79.9. The number of anilines is 1. The largest absolute Gasteiger partial charge is 0.354 e. The number of nitrogens with zero attached hydrogens (tertiary/aromatic N) is 5. The Hall–Kier alpha value is -1.40. The molecule has 2 aromatic heterocycles. The van der Waals surface area contributed by atoms with Crippen LogP contribution in [-0.4, -0.2) is 45.8 Å². The zero-order valence-electron chi connectivity index (χ0n) is 11.5. The van der Waals surface area contributed by atoms with Crippen molar-refractivity contribution in [3.05, 3.63) is 40.8 Å². The number of aryl methyl sites for hydroxylation is 1. The van der Waals surface area contributed by atoms with E-state index in [1.165, 1.54) is 5.56 Å². The molecular formula is C14H18BrN5. The summed E-state index contributed by atoms with van der Waals surface area (Å²) in [5.74, 6) is 1.06. The van der Waals surface area contributed by atoms with Crippen LogP contribution < -0.4 is 4.90 Å². The molecule has 1 fully saturated rings. The van der Waals surface area contributed by atoms with Gasteiger partial charge in [0.15, 0.2) is 0 Å². The van der Waals surface area contributed by atoms with Crippen LogP contribution in [0.4, 0.5) is 5.82 Å². The highest BCUT2D eigenvalue weighted by Crippen LogP contribution is 2.17. The topological polar surface area (TPSA) is 37.2 Å². The Morgan fingerprint density at radius 2 is 1.95 bits per heavy atom. The molecule has 0 amide bonds. The molecule has 3 rings (SSSR count). The molecule has 5 nitrogen and oxygen atoms in total. The van der Waals surface area contributed by atoms with Gasteiger partial charge in [0.1, 0.15) is 5.82 Å². The first-order chi connectivity index (χ1) is 9.70. The Balaban J connectivity index is 1.55. The first-order valence-corrected chi connectivity index (χ1v) is 7.56. The first kappa shape index (κ1) is 13.6. The van der Waals surface area contributed by atoms with E-state index in [4.69, 9.17) is 0 Å². The molecule has 1 aliphatic rings. The Labute approximate surface area is 127 Å². The van der Waals surface area contributed by atoms with E-state index in [1.807, 2.05) is 30.2 Å². The Kier molecular flexibility index (Phi) is 4.03. The molecule has 0 aromatic carbocycles. The van der Waals surface area contributed by atoms with Crippen LogP contribution in [0.2, 0.25) is 0 Å². The second-order valence-electron chi connectivity index (χ2n) is 5.12. The van der Waals surface area contributed by atoms with Crippen LogP contribution in [0.5, 0.6) is 0 Å². The van der Waals surface area contributed by atoms with Crippen LogP contribution in [0.1, 0.15) is 5.56 Å². The Morgan fingerprint density at radius 3 is 2.55 bits per heavy atom. The molecule has 0 saturated carbocycles. The van der Waals surface area contributed by atoms with E-state index in [-0.39, 0.29) is 0 Å². The van der Waals surface area contributed by atoms with Gasteiger partial charge in [-0.05, 0) is 28.1 Å². The number of aromatic nitrogens is 3. The Bertz CT molecular complexity index is 557. The third kappa shape index (κ3) is 3.19. The van der Waals surface area contributed by atoms with Crippen LogP contribution in [0, 0.1) is 0 Å². The lowest BCUT2D eigenvalue weighted by Crippen LogP contribution is -2.46. The minimum Gasteiger partial charge on any atom is -0.354 e. The van der Waals surface area contributed by atoms with Gasteiger partial charge in [0, 0.05) is 62.2 Å². The number of halogens is 1. The maximum atomic E-state index is 4.46. The van der Waals surface area contributed by atoms with Gasteiger partial charge in [0.25, 0.3) is 0 Å². The average molecular weight is 336 g/mol. The maximum absolute atomic E-state index is 4.46. The van der Waals surface area contributed by atoms with Crippen molar-refractivity contribution < 1.29 is 0 Å². The number of rotatable bonds is 3. The van der Waals surface area contributed by atoms with E-state index in [9.17, 15) is 0 Å². The fourth-order valence-electron chi connectivity index (χ4n) is 2.50. The van der Waals surface area contributed by atoms with E-state index in [0.717, 1.165) is 43.0 Å². The van der Waals surface area contributed by atoms with Gasteiger partial charge in [0.2, 0.25) is 0 Å². The second-order valence-corrected chi connectivity index (χ2v) is 6.04. The SMILES string of the molecule is Cn1cc(CN2CCN(c3ccc(Br)cn3)CC2)cn1. The van der Waals surface area contributed by atoms with E-state index in [2.05, 4.69) is 48.1 Å². The van der Waals surface area contributed by atoms with Crippen LogP contribution >= 0.6 is 15.9 Å². The van der Waals surface area contributed by atoms with E-state index >= 15 is 0 Å². The average Bonchev–Trinajstić information content (AvgIpc) is 2.86. The van der Waals surface area contributed by atoms with Crippen molar-refractivity contribution >= 4 is 21.7 Å². The van der Waals surface area contributed by atoms with Gasteiger partial charge in [-0.15, -0.1) is 0 Å². The van der Waals surface area contributed by atoms with Gasteiger partial charge in [0.05, 0.1) is 6.20 Å². The summed E-state index contributed by atoms with van der Waals surface area (Å²) in [4.78, 5) is 9.27. The molecule has 1 saturated heterocycles. The molecule has 0 N–H and O–H groups in total. The van der Waals surface area contributed by atoms with Crippen LogP contribution in [-0.2, 0) is 13.6 Å². The lowest BCUT2D eigenvalue weighted by molar-refractivity contribution is 0.249. The molecule has 0 spiro atoms. The summed E-state index contributed by atoms with van der Waals surface area (Å²) in [6, 6.07) is 4.12. The fraction of sp³-hybridized carbons (Fsp3) is 0.429. The van der Waals surface area contributed by atoms with E-state index in [0.29, 0.717) is 0 Å². The molecule has 0 aliphatic carbocycles. The molecule has 0 atom stereocenters. The zero-order valence-corrected chi connectivity index (χ0v) is 13.1. The normalized spacial score (nSPS) is 16.6. The molecule has 1 aliphatic heterocycles.